The number of alkyl halides is 1. The number of allylic oxidation sites excluding steroid dienone is 1. The van der Waals surface area contributed by atoms with Crippen molar-refractivity contribution in [2.75, 3.05) is 56.5 Å². The van der Waals surface area contributed by atoms with E-state index in [2.05, 4.69) is 15.5 Å². The molecule has 1 saturated heterocycles. The summed E-state index contributed by atoms with van der Waals surface area (Å²) in [4.78, 5) is 43.0. The van der Waals surface area contributed by atoms with E-state index in [9.17, 15) is 14.4 Å². The van der Waals surface area contributed by atoms with Crippen LogP contribution in [0.3, 0.4) is 0 Å². The number of nitrogens with one attached hydrogen (secondary N) is 2. The first-order chi connectivity index (χ1) is 18.7. The number of hydrogen-bond donors (Lipinski definition) is 2. The summed E-state index contributed by atoms with van der Waals surface area (Å²) in [5.41, 5.74) is 1.10. The number of carbonyl (C=O) groups excluding carboxylic acids is 3. The standard InChI is InChI=1S/C27H29Cl3N4O4S/c1-2-38-24(35)16-33-10-12-34(13-11-33)17-27(23(30)9-14-39-27)26(37)32-22-8-5-19(29)15-21(22)25(36)31-20-6-3-18(28)4-7-20/h3-9,14-15,23H,2,10-13,16-17H2,1H3,(H,31,36)(H,32,37). The van der Waals surface area contributed by atoms with Gasteiger partial charge in [0, 0.05) is 48.5 Å². The zero-order valence-electron chi connectivity index (χ0n) is 21.3. The van der Waals surface area contributed by atoms with E-state index in [0.717, 1.165) is 0 Å². The van der Waals surface area contributed by atoms with Gasteiger partial charge in [0.1, 0.15) is 4.75 Å². The number of hydrogen-bond acceptors (Lipinski definition) is 7. The lowest BCUT2D eigenvalue weighted by atomic mass is 10.0. The Morgan fingerprint density at radius 3 is 2.31 bits per heavy atom. The third-order valence-corrected chi connectivity index (χ3v) is 8.93. The molecule has 12 heteroatoms. The van der Waals surface area contributed by atoms with E-state index in [0.29, 0.717) is 60.8 Å². The quantitative estimate of drug-likeness (QED) is 0.306. The Hall–Kier alpha value is -2.27. The minimum absolute atomic E-state index is 0.218. The van der Waals surface area contributed by atoms with E-state index in [1.807, 2.05) is 10.3 Å². The van der Waals surface area contributed by atoms with Gasteiger partial charge in [-0.2, -0.15) is 0 Å². The molecule has 39 heavy (non-hydrogen) atoms. The lowest BCUT2D eigenvalue weighted by Gasteiger charge is -2.40. The second-order valence-corrected chi connectivity index (χ2v) is 11.8. The number of ether oxygens (including phenoxy) is 1. The highest BCUT2D eigenvalue weighted by atomic mass is 35.5. The molecule has 0 saturated carbocycles. The van der Waals surface area contributed by atoms with Gasteiger partial charge in [-0.25, -0.2) is 0 Å². The summed E-state index contributed by atoms with van der Waals surface area (Å²) in [6.07, 6.45) is 1.80. The summed E-state index contributed by atoms with van der Waals surface area (Å²) in [5.74, 6) is -0.979. The molecule has 2 unspecified atom stereocenters. The van der Waals surface area contributed by atoms with E-state index in [4.69, 9.17) is 39.5 Å². The number of thioether (sulfide) groups is 1. The molecule has 208 valence electrons. The molecule has 2 aliphatic rings. The molecular weight excluding hydrogens is 583 g/mol. The molecule has 0 spiro atoms. The lowest BCUT2D eigenvalue weighted by Crippen LogP contribution is -2.57. The van der Waals surface area contributed by atoms with Crippen molar-refractivity contribution in [3.63, 3.8) is 0 Å². The van der Waals surface area contributed by atoms with Crippen molar-refractivity contribution < 1.29 is 19.1 Å². The molecule has 0 aliphatic carbocycles. The molecule has 0 radical (unpaired) electrons. The number of esters is 1. The van der Waals surface area contributed by atoms with Gasteiger partial charge in [-0.15, -0.1) is 23.4 Å². The van der Waals surface area contributed by atoms with Crippen LogP contribution in [-0.4, -0.2) is 83.6 Å². The number of carbonyl (C=O) groups is 3. The Balaban J connectivity index is 1.46. The third kappa shape index (κ3) is 7.48. The number of nitrogens with zero attached hydrogens (tertiary/aromatic N) is 2. The molecule has 0 aromatic heterocycles. The molecule has 4 rings (SSSR count). The Kier molecular flexibility index (Phi) is 10.2. The summed E-state index contributed by atoms with van der Waals surface area (Å²) >= 11 is 20.2. The second kappa shape index (κ2) is 13.4. The van der Waals surface area contributed by atoms with Crippen LogP contribution in [-0.2, 0) is 14.3 Å². The topological polar surface area (TPSA) is 91.0 Å². The lowest BCUT2D eigenvalue weighted by molar-refractivity contribution is -0.144. The average molecular weight is 612 g/mol. The smallest absolute Gasteiger partial charge is 0.320 e. The maximum atomic E-state index is 13.8. The van der Waals surface area contributed by atoms with Gasteiger partial charge in [0.2, 0.25) is 5.91 Å². The fraction of sp³-hybridized carbons (Fsp3) is 0.370. The predicted molar refractivity (Wildman–Crippen MR) is 158 cm³/mol. The molecular formula is C27H29Cl3N4O4S. The van der Waals surface area contributed by atoms with Crippen molar-refractivity contribution in [2.45, 2.75) is 17.0 Å². The third-order valence-electron chi connectivity index (χ3n) is 6.51. The van der Waals surface area contributed by atoms with Crippen LogP contribution < -0.4 is 10.6 Å². The minimum atomic E-state index is -1.01. The highest BCUT2D eigenvalue weighted by Gasteiger charge is 2.48. The summed E-state index contributed by atoms with van der Waals surface area (Å²) in [5, 5.41) is 7.94. The summed E-state index contributed by atoms with van der Waals surface area (Å²) in [7, 11) is 0. The molecule has 2 heterocycles. The number of halogens is 3. The van der Waals surface area contributed by atoms with Crippen molar-refractivity contribution in [3.8, 4) is 0 Å². The maximum absolute atomic E-state index is 13.8. The fourth-order valence-corrected chi connectivity index (χ4v) is 6.31. The van der Waals surface area contributed by atoms with Crippen LogP contribution in [0.4, 0.5) is 11.4 Å². The number of rotatable bonds is 9. The van der Waals surface area contributed by atoms with Crippen molar-refractivity contribution in [1.82, 2.24) is 9.80 Å². The SMILES string of the molecule is CCOC(=O)CN1CCN(CC2(C(=O)Nc3ccc(Cl)cc3C(=O)Nc3ccc(Cl)cc3)SC=CC2Cl)CC1. The molecule has 2 aromatic carbocycles. The van der Waals surface area contributed by atoms with E-state index in [-0.39, 0.29) is 24.0 Å². The van der Waals surface area contributed by atoms with Gasteiger partial charge in [-0.05, 0) is 54.8 Å². The van der Waals surface area contributed by atoms with Crippen LogP contribution in [0, 0.1) is 0 Å². The van der Waals surface area contributed by atoms with Gasteiger partial charge in [0.25, 0.3) is 5.91 Å². The molecule has 2 atom stereocenters. The molecule has 0 bridgehead atoms. The Bertz CT molecular complexity index is 1240. The van der Waals surface area contributed by atoms with Gasteiger partial charge in [0.05, 0.1) is 29.8 Å². The number of benzene rings is 2. The van der Waals surface area contributed by atoms with Crippen molar-refractivity contribution in [2.24, 2.45) is 0 Å². The van der Waals surface area contributed by atoms with E-state index in [1.165, 1.54) is 17.8 Å². The highest BCUT2D eigenvalue weighted by Crippen LogP contribution is 2.42. The summed E-state index contributed by atoms with van der Waals surface area (Å²) < 4.78 is 4.05. The summed E-state index contributed by atoms with van der Waals surface area (Å²) in [6, 6.07) is 11.4. The van der Waals surface area contributed by atoms with Crippen LogP contribution >= 0.6 is 46.6 Å². The zero-order valence-corrected chi connectivity index (χ0v) is 24.4. The van der Waals surface area contributed by atoms with Crippen LogP contribution in [0.1, 0.15) is 17.3 Å². The number of amides is 2. The monoisotopic (exact) mass is 610 g/mol. The van der Waals surface area contributed by atoms with Crippen LogP contribution in [0.2, 0.25) is 10.0 Å². The van der Waals surface area contributed by atoms with Crippen molar-refractivity contribution >= 4 is 75.7 Å². The van der Waals surface area contributed by atoms with Crippen molar-refractivity contribution in [3.05, 3.63) is 69.6 Å². The van der Waals surface area contributed by atoms with Crippen LogP contribution in [0.15, 0.2) is 53.9 Å². The van der Waals surface area contributed by atoms with E-state index < -0.39 is 16.0 Å². The predicted octanol–water partition coefficient (Wildman–Crippen LogP) is 4.97. The Morgan fingerprint density at radius 1 is 1.00 bits per heavy atom. The largest absolute Gasteiger partial charge is 0.465 e. The molecule has 2 aliphatic heterocycles. The molecule has 2 aromatic rings. The Morgan fingerprint density at radius 2 is 1.67 bits per heavy atom. The normalized spacial score (nSPS) is 21.5. The fourth-order valence-electron chi connectivity index (χ4n) is 4.43. The van der Waals surface area contributed by atoms with Gasteiger partial charge in [-0.1, -0.05) is 29.3 Å². The van der Waals surface area contributed by atoms with Crippen LogP contribution in [0.25, 0.3) is 0 Å². The first-order valence-corrected chi connectivity index (χ1v) is 14.5. The minimum Gasteiger partial charge on any atom is -0.465 e. The number of piperazine rings is 1. The first kappa shape index (κ1) is 29.7. The first-order valence-electron chi connectivity index (χ1n) is 12.5. The Labute approximate surface area is 247 Å². The van der Waals surface area contributed by atoms with E-state index >= 15 is 0 Å². The van der Waals surface area contributed by atoms with E-state index in [1.54, 1.807) is 49.4 Å². The summed E-state index contributed by atoms with van der Waals surface area (Å²) in [6.45, 7) is 5.49. The van der Waals surface area contributed by atoms with Gasteiger partial charge < -0.3 is 15.4 Å². The van der Waals surface area contributed by atoms with Crippen LogP contribution in [0.5, 0.6) is 0 Å². The molecule has 8 nitrogen and oxygen atoms in total. The average Bonchev–Trinajstić information content (AvgIpc) is 3.28. The molecule has 2 amide bonds. The molecule has 2 N–H and O–H groups in total. The van der Waals surface area contributed by atoms with Gasteiger partial charge in [-0.3, -0.25) is 24.2 Å². The van der Waals surface area contributed by atoms with Crippen molar-refractivity contribution in [1.29, 1.82) is 0 Å². The van der Waals surface area contributed by atoms with Gasteiger partial charge >= 0.3 is 5.97 Å². The number of anilines is 2. The highest BCUT2D eigenvalue weighted by molar-refractivity contribution is 8.04. The zero-order chi connectivity index (χ0) is 28.0. The van der Waals surface area contributed by atoms with Gasteiger partial charge in [0.15, 0.2) is 0 Å². The molecule has 1 fully saturated rings. The second-order valence-electron chi connectivity index (χ2n) is 9.20. The maximum Gasteiger partial charge on any atom is 0.320 e.